The van der Waals surface area contributed by atoms with E-state index in [-0.39, 0.29) is 0 Å². The monoisotopic (exact) mass is 221 g/mol. The molecular weight excluding hydrogens is 214 g/mol. The molecule has 76 valence electrons. The molecule has 0 radical (unpaired) electrons. The fourth-order valence-electron chi connectivity index (χ4n) is 1.13. The smallest absolute Gasteiger partial charge is 0.212 e. The Morgan fingerprint density at radius 1 is 1.20 bits per heavy atom. The fourth-order valence-corrected chi connectivity index (χ4v) is 1.28. The largest absolute Gasteiger partial charge is 0.481 e. The summed E-state index contributed by atoms with van der Waals surface area (Å²) in [6, 6.07) is 3.62. The van der Waals surface area contributed by atoms with E-state index in [9.17, 15) is 0 Å². The van der Waals surface area contributed by atoms with Crippen molar-refractivity contribution in [2.45, 2.75) is 0 Å². The second kappa shape index (κ2) is 4.23. The Balaban J connectivity index is 2.37. The second-order valence-electron chi connectivity index (χ2n) is 2.82. The lowest BCUT2D eigenvalue weighted by Gasteiger charge is -2.01. The molecule has 15 heavy (non-hydrogen) atoms. The molecular formula is C10H8ClN3O. The molecule has 0 aliphatic heterocycles. The molecule has 4 nitrogen and oxygen atoms in total. The summed E-state index contributed by atoms with van der Waals surface area (Å²) in [4.78, 5) is 12.1. The van der Waals surface area contributed by atoms with Gasteiger partial charge < -0.3 is 4.74 Å². The molecule has 0 unspecified atom stereocenters. The molecule has 0 N–H and O–H groups in total. The van der Waals surface area contributed by atoms with Gasteiger partial charge in [0.1, 0.15) is 5.15 Å². The lowest BCUT2D eigenvalue weighted by atomic mass is 10.2. The Bertz CT molecular complexity index is 458. The van der Waals surface area contributed by atoms with Crippen LogP contribution in [0.1, 0.15) is 0 Å². The molecule has 0 bridgehead atoms. The minimum absolute atomic E-state index is 0.364. The molecule has 0 spiro atoms. The summed E-state index contributed by atoms with van der Waals surface area (Å²) in [7, 11) is 1.57. The summed E-state index contributed by atoms with van der Waals surface area (Å²) in [6.07, 6.45) is 4.79. The van der Waals surface area contributed by atoms with Crippen molar-refractivity contribution in [2.75, 3.05) is 7.11 Å². The molecule has 5 heteroatoms. The molecule has 0 saturated heterocycles. The molecule has 0 aliphatic rings. The minimum atomic E-state index is 0.364. The lowest BCUT2D eigenvalue weighted by molar-refractivity contribution is 0.398. The molecule has 2 aromatic rings. The topological polar surface area (TPSA) is 47.9 Å². The van der Waals surface area contributed by atoms with Crippen molar-refractivity contribution in [3.05, 3.63) is 35.9 Å². The number of aromatic nitrogens is 3. The number of hydrogen-bond donors (Lipinski definition) is 0. The standard InChI is InChI=1S/C10H8ClN3O/c1-15-10-3-2-7(4-13-10)8-5-12-6-9(11)14-8/h2-6H,1H3. The van der Waals surface area contributed by atoms with Crippen LogP contribution in [0.5, 0.6) is 5.88 Å². The Kier molecular flexibility index (Phi) is 2.78. The van der Waals surface area contributed by atoms with Gasteiger partial charge in [-0.1, -0.05) is 11.6 Å². The number of halogens is 1. The molecule has 0 aromatic carbocycles. The van der Waals surface area contributed by atoms with Crippen LogP contribution in [0.4, 0.5) is 0 Å². The van der Waals surface area contributed by atoms with E-state index in [2.05, 4.69) is 15.0 Å². The summed E-state index contributed by atoms with van der Waals surface area (Å²) < 4.78 is 4.96. The van der Waals surface area contributed by atoms with Crippen LogP contribution >= 0.6 is 11.6 Å². The van der Waals surface area contributed by atoms with Crippen LogP contribution in [0.25, 0.3) is 11.3 Å². The quantitative estimate of drug-likeness (QED) is 0.780. The molecule has 2 rings (SSSR count). The molecule has 0 amide bonds. The van der Waals surface area contributed by atoms with Crippen molar-refractivity contribution >= 4 is 11.6 Å². The van der Waals surface area contributed by atoms with Gasteiger partial charge in [0, 0.05) is 17.8 Å². The summed E-state index contributed by atoms with van der Waals surface area (Å²) in [5.41, 5.74) is 1.54. The van der Waals surface area contributed by atoms with E-state index in [1.165, 1.54) is 6.20 Å². The van der Waals surface area contributed by atoms with Crippen LogP contribution in [-0.4, -0.2) is 22.1 Å². The molecule has 2 aromatic heterocycles. The number of methoxy groups -OCH3 is 1. The highest BCUT2D eigenvalue weighted by molar-refractivity contribution is 6.29. The number of nitrogens with zero attached hydrogens (tertiary/aromatic N) is 3. The fraction of sp³-hybridized carbons (Fsp3) is 0.100. The maximum absolute atomic E-state index is 5.73. The zero-order valence-corrected chi connectivity index (χ0v) is 8.77. The van der Waals surface area contributed by atoms with E-state index in [4.69, 9.17) is 16.3 Å². The van der Waals surface area contributed by atoms with Gasteiger partial charge in [-0.3, -0.25) is 4.98 Å². The number of pyridine rings is 1. The minimum Gasteiger partial charge on any atom is -0.481 e. The van der Waals surface area contributed by atoms with Gasteiger partial charge in [-0.05, 0) is 6.07 Å². The van der Waals surface area contributed by atoms with E-state index in [1.807, 2.05) is 6.07 Å². The van der Waals surface area contributed by atoms with Gasteiger partial charge in [-0.2, -0.15) is 0 Å². The zero-order valence-electron chi connectivity index (χ0n) is 8.01. The molecule has 0 saturated carbocycles. The maximum Gasteiger partial charge on any atom is 0.212 e. The predicted octanol–water partition coefficient (Wildman–Crippen LogP) is 2.20. The molecule has 2 heterocycles. The van der Waals surface area contributed by atoms with Crippen molar-refractivity contribution in [1.29, 1.82) is 0 Å². The normalized spacial score (nSPS) is 10.0. The van der Waals surface area contributed by atoms with Crippen molar-refractivity contribution < 1.29 is 4.74 Å². The highest BCUT2D eigenvalue weighted by Gasteiger charge is 2.01. The molecule has 0 fully saturated rings. The van der Waals surface area contributed by atoms with Crippen LogP contribution in [0.2, 0.25) is 5.15 Å². The first kappa shape index (κ1) is 9.86. The van der Waals surface area contributed by atoms with Gasteiger partial charge >= 0.3 is 0 Å². The van der Waals surface area contributed by atoms with Crippen LogP contribution in [0.3, 0.4) is 0 Å². The van der Waals surface area contributed by atoms with Gasteiger partial charge in [0.15, 0.2) is 0 Å². The van der Waals surface area contributed by atoms with E-state index in [0.717, 1.165) is 5.56 Å². The lowest BCUT2D eigenvalue weighted by Crippen LogP contribution is -1.89. The van der Waals surface area contributed by atoms with Gasteiger partial charge in [0.2, 0.25) is 5.88 Å². The van der Waals surface area contributed by atoms with E-state index < -0.39 is 0 Å². The van der Waals surface area contributed by atoms with E-state index >= 15 is 0 Å². The Hall–Kier alpha value is -1.68. The van der Waals surface area contributed by atoms with Gasteiger partial charge in [0.25, 0.3) is 0 Å². The summed E-state index contributed by atoms with van der Waals surface area (Å²) in [5.74, 6) is 0.564. The SMILES string of the molecule is COc1ccc(-c2cncc(Cl)n2)cn1. The van der Waals surface area contributed by atoms with Crippen LogP contribution < -0.4 is 4.74 Å². The second-order valence-corrected chi connectivity index (χ2v) is 3.20. The summed E-state index contributed by atoms with van der Waals surface area (Å²) in [6.45, 7) is 0. The third-order valence-electron chi connectivity index (χ3n) is 1.85. The van der Waals surface area contributed by atoms with Crippen molar-refractivity contribution in [1.82, 2.24) is 15.0 Å². The number of hydrogen-bond acceptors (Lipinski definition) is 4. The van der Waals surface area contributed by atoms with Gasteiger partial charge in [-0.15, -0.1) is 0 Å². The summed E-state index contributed by atoms with van der Waals surface area (Å²) >= 11 is 5.73. The first-order chi connectivity index (χ1) is 7.29. The molecule has 0 atom stereocenters. The van der Waals surface area contributed by atoms with Gasteiger partial charge in [-0.25, -0.2) is 9.97 Å². The zero-order chi connectivity index (χ0) is 10.7. The number of rotatable bonds is 2. The van der Waals surface area contributed by atoms with Crippen molar-refractivity contribution in [2.24, 2.45) is 0 Å². The van der Waals surface area contributed by atoms with Crippen LogP contribution in [0, 0.1) is 0 Å². The van der Waals surface area contributed by atoms with Crippen LogP contribution in [0.15, 0.2) is 30.7 Å². The Labute approximate surface area is 91.9 Å². The first-order valence-corrected chi connectivity index (χ1v) is 4.65. The average molecular weight is 222 g/mol. The number of ether oxygens (including phenoxy) is 1. The van der Waals surface area contributed by atoms with E-state index in [1.54, 1.807) is 25.6 Å². The first-order valence-electron chi connectivity index (χ1n) is 4.27. The highest BCUT2D eigenvalue weighted by Crippen LogP contribution is 2.18. The molecule has 0 aliphatic carbocycles. The Morgan fingerprint density at radius 2 is 2.07 bits per heavy atom. The predicted molar refractivity (Wildman–Crippen MR) is 56.8 cm³/mol. The van der Waals surface area contributed by atoms with Crippen LogP contribution in [-0.2, 0) is 0 Å². The van der Waals surface area contributed by atoms with E-state index in [0.29, 0.717) is 16.7 Å². The van der Waals surface area contributed by atoms with Gasteiger partial charge in [0.05, 0.1) is 25.2 Å². The highest BCUT2D eigenvalue weighted by atomic mass is 35.5. The van der Waals surface area contributed by atoms with Crippen molar-refractivity contribution in [3.63, 3.8) is 0 Å². The third-order valence-corrected chi connectivity index (χ3v) is 2.03. The Morgan fingerprint density at radius 3 is 2.67 bits per heavy atom. The van der Waals surface area contributed by atoms with Crippen molar-refractivity contribution in [3.8, 4) is 17.1 Å². The average Bonchev–Trinajstić information content (AvgIpc) is 2.29. The maximum atomic E-state index is 5.73. The summed E-state index contributed by atoms with van der Waals surface area (Å²) in [5, 5.41) is 0.364. The third kappa shape index (κ3) is 2.22.